The van der Waals surface area contributed by atoms with Gasteiger partial charge < -0.3 is 4.74 Å². The van der Waals surface area contributed by atoms with Crippen molar-refractivity contribution in [3.05, 3.63) is 27.7 Å². The number of carbonyl (C=O) groups is 1. The van der Waals surface area contributed by atoms with Crippen LogP contribution in [0.4, 0.5) is 10.5 Å². The zero-order valence-corrected chi connectivity index (χ0v) is 12.1. The lowest BCUT2D eigenvalue weighted by atomic mass is 10.2. The summed E-state index contributed by atoms with van der Waals surface area (Å²) in [6.07, 6.45) is -0.542. The molecule has 0 atom stereocenters. The van der Waals surface area contributed by atoms with Crippen LogP contribution in [0.1, 0.15) is 20.8 Å². The maximum absolute atomic E-state index is 11.4. The summed E-state index contributed by atoms with van der Waals surface area (Å²) in [5.41, 5.74) is 5.33. The van der Waals surface area contributed by atoms with E-state index in [1.165, 1.54) is 0 Å². The van der Waals surface area contributed by atoms with Gasteiger partial charge in [0.15, 0.2) is 0 Å². The number of ether oxygens (including phenoxy) is 1. The van der Waals surface area contributed by atoms with Crippen LogP contribution in [0.2, 0.25) is 5.02 Å². The highest BCUT2D eigenvalue weighted by Crippen LogP contribution is 2.25. The number of hydrazine groups is 1. The Hall–Kier alpha value is -0.940. The smallest absolute Gasteiger partial charge is 0.426 e. The van der Waals surface area contributed by atoms with Gasteiger partial charge in [-0.15, -0.1) is 0 Å². The van der Waals surface area contributed by atoms with E-state index in [0.717, 1.165) is 4.47 Å². The molecule has 0 heterocycles. The fourth-order valence-electron chi connectivity index (χ4n) is 1.01. The number of rotatable bonds is 2. The molecule has 2 N–H and O–H groups in total. The van der Waals surface area contributed by atoms with Gasteiger partial charge in [0.05, 0.1) is 5.69 Å². The molecule has 0 aliphatic carbocycles. The fraction of sp³-hybridized carbons (Fsp3) is 0.364. The van der Waals surface area contributed by atoms with Crippen LogP contribution in [0.15, 0.2) is 22.7 Å². The van der Waals surface area contributed by atoms with Crippen LogP contribution in [0, 0.1) is 0 Å². The van der Waals surface area contributed by atoms with E-state index in [-0.39, 0.29) is 0 Å². The molecule has 1 amide bonds. The van der Waals surface area contributed by atoms with Gasteiger partial charge in [0, 0.05) is 9.50 Å². The Kier molecular flexibility index (Phi) is 4.65. The number of benzene rings is 1. The molecule has 0 aromatic heterocycles. The van der Waals surface area contributed by atoms with Crippen LogP contribution in [0.25, 0.3) is 0 Å². The van der Waals surface area contributed by atoms with Crippen LogP contribution in [-0.2, 0) is 4.74 Å². The summed E-state index contributed by atoms with van der Waals surface area (Å²) in [4.78, 5) is 11.4. The molecular weight excluding hydrogens is 307 g/mol. The molecule has 0 aliphatic heterocycles. The van der Waals surface area contributed by atoms with E-state index in [1.54, 1.807) is 39.0 Å². The van der Waals surface area contributed by atoms with Crippen LogP contribution < -0.4 is 10.9 Å². The molecule has 0 aliphatic rings. The molecule has 0 bridgehead atoms. The Bertz CT molecular complexity index is 418. The molecule has 0 fully saturated rings. The first-order valence-electron chi connectivity index (χ1n) is 4.98. The zero-order chi connectivity index (χ0) is 13.1. The molecule has 94 valence electrons. The van der Waals surface area contributed by atoms with Crippen molar-refractivity contribution >= 4 is 39.3 Å². The van der Waals surface area contributed by atoms with E-state index >= 15 is 0 Å². The second kappa shape index (κ2) is 5.60. The highest BCUT2D eigenvalue weighted by molar-refractivity contribution is 9.10. The fourth-order valence-corrected chi connectivity index (χ4v) is 1.79. The monoisotopic (exact) mass is 320 g/mol. The molecule has 4 nitrogen and oxygen atoms in total. The molecule has 17 heavy (non-hydrogen) atoms. The Morgan fingerprint density at radius 1 is 1.41 bits per heavy atom. The summed E-state index contributed by atoms with van der Waals surface area (Å²) in [5.74, 6) is 0. The number of nitrogens with one attached hydrogen (secondary N) is 2. The minimum Gasteiger partial charge on any atom is -0.443 e. The van der Waals surface area contributed by atoms with E-state index in [0.29, 0.717) is 10.7 Å². The summed E-state index contributed by atoms with van der Waals surface area (Å²) >= 11 is 9.12. The van der Waals surface area contributed by atoms with Gasteiger partial charge in [-0.2, -0.15) is 0 Å². The lowest BCUT2D eigenvalue weighted by molar-refractivity contribution is 0.0541. The maximum atomic E-state index is 11.4. The van der Waals surface area contributed by atoms with Gasteiger partial charge in [-0.25, -0.2) is 10.2 Å². The number of anilines is 1. The summed E-state index contributed by atoms with van der Waals surface area (Å²) < 4.78 is 5.82. The number of amides is 1. The predicted molar refractivity (Wildman–Crippen MR) is 72.1 cm³/mol. The third-order valence-electron chi connectivity index (χ3n) is 1.63. The van der Waals surface area contributed by atoms with Crippen molar-refractivity contribution in [1.82, 2.24) is 5.43 Å². The Labute approximate surface area is 114 Å². The normalized spacial score (nSPS) is 10.9. The number of hydrogen-bond acceptors (Lipinski definition) is 3. The maximum Gasteiger partial charge on any atom is 0.426 e. The van der Waals surface area contributed by atoms with Gasteiger partial charge in [0.1, 0.15) is 5.60 Å². The third-order valence-corrected chi connectivity index (χ3v) is 2.52. The highest BCUT2D eigenvalue weighted by Gasteiger charge is 2.15. The molecule has 1 rings (SSSR count). The molecule has 0 saturated carbocycles. The highest BCUT2D eigenvalue weighted by atomic mass is 79.9. The quantitative estimate of drug-likeness (QED) is 0.811. The summed E-state index contributed by atoms with van der Waals surface area (Å²) in [6.45, 7) is 5.39. The number of carbonyl (C=O) groups excluding carboxylic acids is 1. The van der Waals surface area contributed by atoms with Crippen molar-refractivity contribution in [3.63, 3.8) is 0 Å². The minimum absolute atomic E-state index is 0.525. The molecule has 0 spiro atoms. The van der Waals surface area contributed by atoms with E-state index in [4.69, 9.17) is 16.3 Å². The van der Waals surface area contributed by atoms with Crippen molar-refractivity contribution < 1.29 is 9.53 Å². The van der Waals surface area contributed by atoms with E-state index < -0.39 is 11.7 Å². The Morgan fingerprint density at radius 3 is 2.59 bits per heavy atom. The van der Waals surface area contributed by atoms with Crippen LogP contribution in [0.5, 0.6) is 0 Å². The van der Waals surface area contributed by atoms with Gasteiger partial charge in [-0.05, 0) is 54.9 Å². The van der Waals surface area contributed by atoms with Crippen LogP contribution in [0.3, 0.4) is 0 Å². The molecule has 6 heteroatoms. The molecule has 0 saturated heterocycles. The second-order valence-electron chi connectivity index (χ2n) is 4.38. The van der Waals surface area contributed by atoms with E-state index in [1.807, 2.05) is 0 Å². The topological polar surface area (TPSA) is 50.4 Å². The van der Waals surface area contributed by atoms with Crippen molar-refractivity contribution in [3.8, 4) is 0 Å². The first-order valence-corrected chi connectivity index (χ1v) is 6.15. The molecule has 0 radical (unpaired) electrons. The summed E-state index contributed by atoms with van der Waals surface area (Å²) in [7, 11) is 0. The van der Waals surface area contributed by atoms with Crippen LogP contribution >= 0.6 is 27.5 Å². The summed E-state index contributed by atoms with van der Waals surface area (Å²) in [5, 5.41) is 0.611. The van der Waals surface area contributed by atoms with Gasteiger partial charge in [0.25, 0.3) is 0 Å². The van der Waals surface area contributed by atoms with Crippen molar-refractivity contribution in [2.24, 2.45) is 0 Å². The standard InChI is InChI=1S/C11H14BrClN2O2/c1-11(2,3)17-10(16)15-14-9-5-4-7(13)6-8(9)12/h4-6,14H,1-3H3,(H,15,16). The lowest BCUT2D eigenvalue weighted by Crippen LogP contribution is -2.35. The Morgan fingerprint density at radius 2 is 2.06 bits per heavy atom. The SMILES string of the molecule is CC(C)(C)OC(=O)NNc1ccc(Cl)cc1Br. The van der Waals surface area contributed by atoms with Crippen molar-refractivity contribution in [1.29, 1.82) is 0 Å². The third kappa shape index (κ3) is 5.28. The van der Waals surface area contributed by atoms with Gasteiger partial charge in [-0.1, -0.05) is 11.6 Å². The molecule has 1 aromatic carbocycles. The van der Waals surface area contributed by atoms with Crippen molar-refractivity contribution in [2.75, 3.05) is 5.43 Å². The molecule has 1 aromatic rings. The van der Waals surface area contributed by atoms with Gasteiger partial charge >= 0.3 is 6.09 Å². The van der Waals surface area contributed by atoms with E-state index in [2.05, 4.69) is 26.8 Å². The lowest BCUT2D eigenvalue weighted by Gasteiger charge is -2.20. The Balaban J connectivity index is 2.53. The number of halogens is 2. The average molecular weight is 322 g/mol. The predicted octanol–water partition coefficient (Wildman–Crippen LogP) is 3.95. The van der Waals surface area contributed by atoms with Crippen LogP contribution in [-0.4, -0.2) is 11.7 Å². The number of hydrogen-bond donors (Lipinski definition) is 2. The minimum atomic E-state index is -0.542. The largest absolute Gasteiger partial charge is 0.443 e. The molecular formula is C11H14BrClN2O2. The van der Waals surface area contributed by atoms with Gasteiger partial charge in [-0.3, -0.25) is 5.43 Å². The van der Waals surface area contributed by atoms with Gasteiger partial charge in [0.2, 0.25) is 0 Å². The zero-order valence-electron chi connectivity index (χ0n) is 9.80. The first kappa shape index (κ1) is 14.1. The van der Waals surface area contributed by atoms with E-state index in [9.17, 15) is 4.79 Å². The first-order chi connectivity index (χ1) is 7.78. The summed E-state index contributed by atoms with van der Waals surface area (Å²) in [6, 6.07) is 5.18. The molecule has 0 unspecified atom stereocenters. The average Bonchev–Trinajstić information content (AvgIpc) is 2.13. The second-order valence-corrected chi connectivity index (χ2v) is 5.67. The van der Waals surface area contributed by atoms with Crippen molar-refractivity contribution in [2.45, 2.75) is 26.4 Å².